The summed E-state index contributed by atoms with van der Waals surface area (Å²) < 4.78 is 0. The van der Waals surface area contributed by atoms with Gasteiger partial charge in [-0.3, -0.25) is 0 Å². The van der Waals surface area contributed by atoms with Crippen LogP contribution in [0, 0.1) is 0 Å². The lowest BCUT2D eigenvalue weighted by molar-refractivity contribution is -0.114. The molecule has 2 N–H and O–H groups in total. The molecular formula is C20H30N2O2. The third kappa shape index (κ3) is 14.3. The molecule has 2 amide bonds. The Morgan fingerprint density at radius 2 is 0.875 bits per heavy atom. The van der Waals surface area contributed by atoms with Gasteiger partial charge < -0.3 is 15.4 Å². The van der Waals surface area contributed by atoms with Gasteiger partial charge in [0.15, 0.2) is 0 Å². The normalized spacial score (nSPS) is 7.92. The Bertz CT molecular complexity index is 493. The van der Waals surface area contributed by atoms with Crippen molar-refractivity contribution >= 4 is 23.2 Å². The Balaban J connectivity index is 0. The van der Waals surface area contributed by atoms with Gasteiger partial charge in [0.05, 0.1) is 0 Å². The second kappa shape index (κ2) is 16.7. The molecule has 0 heterocycles. The van der Waals surface area contributed by atoms with E-state index in [1.165, 1.54) is 13.8 Å². The van der Waals surface area contributed by atoms with Crippen molar-refractivity contribution in [1.29, 1.82) is 0 Å². The molecule has 2 aromatic carbocycles. The maximum atomic E-state index is 11.6. The number of Topliss-reactive ketones (excluding diaryl/α,β-unsaturated/α-hetero) is 1. The monoisotopic (exact) mass is 330 g/mol. The van der Waals surface area contributed by atoms with E-state index in [4.69, 9.17) is 0 Å². The average molecular weight is 330 g/mol. The van der Waals surface area contributed by atoms with Crippen molar-refractivity contribution in [2.75, 3.05) is 10.6 Å². The molecule has 0 aliphatic heterocycles. The van der Waals surface area contributed by atoms with Gasteiger partial charge in [-0.15, -0.1) is 0 Å². The summed E-state index contributed by atoms with van der Waals surface area (Å²) >= 11 is 0. The number of amides is 2. The molecule has 0 aliphatic carbocycles. The fourth-order valence-corrected chi connectivity index (χ4v) is 1.34. The van der Waals surface area contributed by atoms with Crippen LogP contribution in [0.3, 0.4) is 0 Å². The summed E-state index contributed by atoms with van der Waals surface area (Å²) in [5.74, 6) is 0.167. The minimum atomic E-state index is -0.239. The van der Waals surface area contributed by atoms with E-state index in [2.05, 4.69) is 10.6 Å². The molecule has 0 atom stereocenters. The summed E-state index contributed by atoms with van der Waals surface area (Å²) in [6, 6.07) is 18.4. The Morgan fingerprint density at radius 3 is 1.12 bits per heavy atom. The Hall–Kier alpha value is -2.62. The van der Waals surface area contributed by atoms with Crippen LogP contribution >= 0.6 is 0 Å². The Morgan fingerprint density at radius 1 is 0.625 bits per heavy atom. The van der Waals surface area contributed by atoms with Gasteiger partial charge in [-0.05, 0) is 38.1 Å². The van der Waals surface area contributed by atoms with E-state index in [-0.39, 0.29) is 11.8 Å². The molecule has 0 radical (unpaired) electrons. The molecule has 0 bridgehead atoms. The highest BCUT2D eigenvalue weighted by Crippen LogP contribution is 2.08. The van der Waals surface area contributed by atoms with Crippen LogP contribution in [0.5, 0.6) is 0 Å². The van der Waals surface area contributed by atoms with Gasteiger partial charge in [-0.1, -0.05) is 64.1 Å². The highest BCUT2D eigenvalue weighted by atomic mass is 16.2. The molecule has 132 valence electrons. The van der Waals surface area contributed by atoms with Crippen LogP contribution in [0.1, 0.15) is 41.5 Å². The molecule has 0 spiro atoms. The number of benzene rings is 2. The third-order valence-corrected chi connectivity index (χ3v) is 2.06. The first-order valence-electron chi connectivity index (χ1n) is 8.23. The van der Waals surface area contributed by atoms with Crippen LogP contribution in [-0.4, -0.2) is 11.8 Å². The molecule has 2 aromatic rings. The maximum Gasteiger partial charge on any atom is 0.323 e. The third-order valence-electron chi connectivity index (χ3n) is 2.06. The lowest BCUT2D eigenvalue weighted by Crippen LogP contribution is -2.19. The first kappa shape index (κ1) is 23.6. The summed E-state index contributed by atoms with van der Waals surface area (Å²) in [5.41, 5.74) is 1.55. The topological polar surface area (TPSA) is 58.2 Å². The van der Waals surface area contributed by atoms with Gasteiger partial charge in [0.25, 0.3) is 0 Å². The molecule has 0 fully saturated rings. The average Bonchev–Trinajstić information content (AvgIpc) is 2.60. The number of hydrogen-bond acceptors (Lipinski definition) is 2. The van der Waals surface area contributed by atoms with Crippen LogP contribution in [0.15, 0.2) is 60.7 Å². The quantitative estimate of drug-likeness (QED) is 0.711. The molecular weight excluding hydrogens is 300 g/mol. The van der Waals surface area contributed by atoms with Crippen LogP contribution in [-0.2, 0) is 4.79 Å². The van der Waals surface area contributed by atoms with E-state index in [0.29, 0.717) is 0 Å². The molecule has 24 heavy (non-hydrogen) atoms. The van der Waals surface area contributed by atoms with Crippen molar-refractivity contribution in [3.05, 3.63) is 60.7 Å². The highest BCUT2D eigenvalue weighted by Gasteiger charge is 2.00. The summed E-state index contributed by atoms with van der Waals surface area (Å²) in [4.78, 5) is 21.0. The second-order valence-electron chi connectivity index (χ2n) is 4.22. The zero-order valence-corrected chi connectivity index (χ0v) is 15.6. The maximum absolute atomic E-state index is 11.6. The number of nitrogens with one attached hydrogen (secondary N) is 2. The number of carbonyl (C=O) groups excluding carboxylic acids is 2. The fourth-order valence-electron chi connectivity index (χ4n) is 1.34. The summed E-state index contributed by atoms with van der Waals surface area (Å²) in [5, 5.41) is 5.48. The fraction of sp³-hybridized carbons (Fsp3) is 0.300. The van der Waals surface area contributed by atoms with E-state index >= 15 is 0 Å². The lowest BCUT2D eigenvalue weighted by atomic mass is 10.3. The molecule has 0 saturated heterocycles. The Kier molecular flexibility index (Phi) is 16.5. The van der Waals surface area contributed by atoms with E-state index in [1.54, 1.807) is 0 Å². The molecule has 0 saturated carbocycles. The van der Waals surface area contributed by atoms with E-state index in [0.717, 1.165) is 11.4 Å². The van der Waals surface area contributed by atoms with Crippen LogP contribution < -0.4 is 10.6 Å². The van der Waals surface area contributed by atoms with Crippen LogP contribution in [0.25, 0.3) is 0 Å². The predicted octanol–water partition coefficient (Wildman–Crippen LogP) is 5.98. The van der Waals surface area contributed by atoms with Crippen molar-refractivity contribution in [3.63, 3.8) is 0 Å². The van der Waals surface area contributed by atoms with Gasteiger partial charge in [-0.25, -0.2) is 4.79 Å². The smallest absolute Gasteiger partial charge is 0.308 e. The SMILES string of the molecule is CC.CC.CC(C)=O.O=C(Nc1ccccc1)Nc1ccccc1. The summed E-state index contributed by atoms with van der Waals surface area (Å²) in [6.07, 6.45) is 0. The summed E-state index contributed by atoms with van der Waals surface area (Å²) in [7, 11) is 0. The zero-order chi connectivity index (χ0) is 18.8. The van der Waals surface area contributed by atoms with E-state index in [9.17, 15) is 9.59 Å². The molecule has 0 aromatic heterocycles. The number of carbonyl (C=O) groups is 2. The van der Waals surface area contributed by atoms with Crippen molar-refractivity contribution < 1.29 is 9.59 Å². The number of hydrogen-bond donors (Lipinski definition) is 2. The highest BCUT2D eigenvalue weighted by molar-refractivity contribution is 5.99. The van der Waals surface area contributed by atoms with Gasteiger partial charge in [0.1, 0.15) is 5.78 Å². The minimum Gasteiger partial charge on any atom is -0.308 e. The van der Waals surface area contributed by atoms with Crippen molar-refractivity contribution in [2.24, 2.45) is 0 Å². The zero-order valence-electron chi connectivity index (χ0n) is 15.6. The molecule has 0 aliphatic rings. The van der Waals surface area contributed by atoms with Gasteiger partial charge in [0.2, 0.25) is 0 Å². The Labute approximate surface area is 146 Å². The second-order valence-corrected chi connectivity index (χ2v) is 4.22. The largest absolute Gasteiger partial charge is 0.323 e. The van der Waals surface area contributed by atoms with Gasteiger partial charge in [-0.2, -0.15) is 0 Å². The molecule has 2 rings (SSSR count). The lowest BCUT2D eigenvalue weighted by Gasteiger charge is -2.06. The van der Waals surface area contributed by atoms with Crippen molar-refractivity contribution in [1.82, 2.24) is 0 Å². The standard InChI is InChI=1S/C13H12N2O.C3H6O.2C2H6/c16-13(14-11-7-3-1-4-8-11)15-12-9-5-2-6-10-12;1-3(2)4;2*1-2/h1-10H,(H2,14,15,16);1-2H3;2*1-2H3. The van der Waals surface area contributed by atoms with Crippen molar-refractivity contribution in [2.45, 2.75) is 41.5 Å². The molecule has 4 heteroatoms. The van der Waals surface area contributed by atoms with Crippen LogP contribution in [0.2, 0.25) is 0 Å². The van der Waals surface area contributed by atoms with Gasteiger partial charge >= 0.3 is 6.03 Å². The number of urea groups is 1. The number of anilines is 2. The number of para-hydroxylation sites is 2. The minimum absolute atomic E-state index is 0.167. The number of rotatable bonds is 2. The first-order chi connectivity index (χ1) is 11.6. The van der Waals surface area contributed by atoms with Crippen LogP contribution in [0.4, 0.5) is 16.2 Å². The van der Waals surface area contributed by atoms with E-state index < -0.39 is 0 Å². The number of ketones is 1. The first-order valence-corrected chi connectivity index (χ1v) is 8.23. The van der Waals surface area contributed by atoms with Gasteiger partial charge in [0, 0.05) is 11.4 Å². The predicted molar refractivity (Wildman–Crippen MR) is 105 cm³/mol. The summed E-state index contributed by atoms with van der Waals surface area (Å²) in [6.45, 7) is 11.1. The molecule has 0 unspecified atom stereocenters. The van der Waals surface area contributed by atoms with E-state index in [1.807, 2.05) is 88.4 Å². The van der Waals surface area contributed by atoms with Crippen molar-refractivity contribution in [3.8, 4) is 0 Å². The molecule has 4 nitrogen and oxygen atoms in total.